The lowest BCUT2D eigenvalue weighted by Crippen LogP contribution is -2.51. The van der Waals surface area contributed by atoms with E-state index >= 15 is 0 Å². The van der Waals surface area contributed by atoms with E-state index in [4.69, 9.17) is 15.2 Å². The maximum Gasteiger partial charge on any atom is 0.270 e. The summed E-state index contributed by atoms with van der Waals surface area (Å²) < 4.78 is 11.0. The van der Waals surface area contributed by atoms with Crippen molar-refractivity contribution < 1.29 is 23.9 Å². The molecule has 1 fully saturated rings. The Morgan fingerprint density at radius 3 is 2.72 bits per heavy atom. The van der Waals surface area contributed by atoms with E-state index in [1.165, 1.54) is 13.3 Å². The van der Waals surface area contributed by atoms with E-state index in [0.717, 1.165) is 6.42 Å². The fourth-order valence-electron chi connectivity index (χ4n) is 3.22. The quantitative estimate of drug-likeness (QED) is 0.533. The highest BCUT2D eigenvalue weighted by molar-refractivity contribution is 5.93. The van der Waals surface area contributed by atoms with Gasteiger partial charge in [-0.3, -0.25) is 19.4 Å². The summed E-state index contributed by atoms with van der Waals surface area (Å²) in [6, 6.07) is 2.87. The van der Waals surface area contributed by atoms with Crippen LogP contribution in [0.1, 0.15) is 43.1 Å². The monoisotopic (exact) mass is 428 g/mol. The van der Waals surface area contributed by atoms with Crippen molar-refractivity contribution in [1.82, 2.24) is 15.6 Å². The third-order valence-electron chi connectivity index (χ3n) is 4.65. The summed E-state index contributed by atoms with van der Waals surface area (Å²) in [4.78, 5) is 39.9. The largest absolute Gasteiger partial charge is 0.497 e. The van der Waals surface area contributed by atoms with Crippen LogP contribution in [-0.2, 0) is 14.3 Å². The smallest absolute Gasteiger partial charge is 0.270 e. The lowest BCUT2D eigenvalue weighted by molar-refractivity contribution is -0.129. The Labute approximate surface area is 176 Å². The van der Waals surface area contributed by atoms with Crippen molar-refractivity contribution >= 4 is 30.1 Å². The number of carbonyl (C=O) groups is 3. The first-order valence-electron chi connectivity index (χ1n) is 9.43. The van der Waals surface area contributed by atoms with Gasteiger partial charge in [-0.2, -0.15) is 0 Å². The number of pyridine rings is 1. The molecule has 0 aromatic carbocycles. The zero-order valence-electron chi connectivity index (χ0n) is 16.7. The third kappa shape index (κ3) is 7.51. The molecule has 4 N–H and O–H groups in total. The molecule has 1 saturated carbocycles. The van der Waals surface area contributed by atoms with Crippen LogP contribution in [0.4, 0.5) is 0 Å². The predicted octanol–water partition coefficient (Wildman–Crippen LogP) is 0.807. The van der Waals surface area contributed by atoms with Crippen LogP contribution < -0.4 is 21.1 Å². The minimum Gasteiger partial charge on any atom is -0.497 e. The number of primary amides is 1. The first-order chi connectivity index (χ1) is 13.4. The van der Waals surface area contributed by atoms with Crippen molar-refractivity contribution in [1.29, 1.82) is 0 Å². The molecule has 162 valence electrons. The Kier molecular flexibility index (Phi) is 10.4. The zero-order valence-corrected chi connectivity index (χ0v) is 17.5. The molecule has 1 heterocycles. The van der Waals surface area contributed by atoms with Crippen molar-refractivity contribution in [3.8, 4) is 5.75 Å². The number of carbonyl (C=O) groups excluding carboxylic acids is 3. The summed E-state index contributed by atoms with van der Waals surface area (Å²) in [5.41, 5.74) is 5.31. The van der Waals surface area contributed by atoms with Gasteiger partial charge in [0.25, 0.3) is 5.91 Å². The Bertz CT molecular complexity index is 703. The zero-order chi connectivity index (χ0) is 20.5. The topological polar surface area (TPSA) is 133 Å². The number of methoxy groups -OCH3 is 1. The van der Waals surface area contributed by atoms with Gasteiger partial charge >= 0.3 is 0 Å². The van der Waals surface area contributed by atoms with Gasteiger partial charge in [-0.05, 0) is 31.7 Å². The van der Waals surface area contributed by atoms with Crippen molar-refractivity contribution in [2.45, 2.75) is 44.8 Å². The summed E-state index contributed by atoms with van der Waals surface area (Å²) in [7, 11) is 1.52. The predicted molar refractivity (Wildman–Crippen MR) is 109 cm³/mol. The van der Waals surface area contributed by atoms with Crippen LogP contribution in [0.3, 0.4) is 0 Å². The van der Waals surface area contributed by atoms with Gasteiger partial charge in [0.1, 0.15) is 11.4 Å². The summed E-state index contributed by atoms with van der Waals surface area (Å²) in [6.07, 6.45) is 3.83. The molecule has 0 unspecified atom stereocenters. The van der Waals surface area contributed by atoms with Crippen LogP contribution in [0.25, 0.3) is 0 Å². The lowest BCUT2D eigenvalue weighted by atomic mass is 9.83. The van der Waals surface area contributed by atoms with Gasteiger partial charge in [-0.15, -0.1) is 12.4 Å². The van der Waals surface area contributed by atoms with Gasteiger partial charge in [0, 0.05) is 24.8 Å². The first-order valence-corrected chi connectivity index (χ1v) is 9.43. The highest BCUT2D eigenvalue weighted by atomic mass is 35.5. The fraction of sp³-hybridized carbons (Fsp3) is 0.579. The first kappa shape index (κ1) is 24.6. The summed E-state index contributed by atoms with van der Waals surface area (Å²) in [5, 5.41) is 5.48. The Hall–Kier alpha value is -2.39. The Balaban J connectivity index is 0.00000420. The molecule has 0 spiro atoms. The van der Waals surface area contributed by atoms with Crippen LogP contribution in [0.5, 0.6) is 5.75 Å². The Morgan fingerprint density at radius 1 is 1.31 bits per heavy atom. The maximum atomic E-state index is 12.6. The van der Waals surface area contributed by atoms with Gasteiger partial charge in [0.05, 0.1) is 25.8 Å². The number of amides is 3. The van der Waals surface area contributed by atoms with Crippen molar-refractivity contribution in [2.75, 3.05) is 20.3 Å². The van der Waals surface area contributed by atoms with Gasteiger partial charge in [-0.25, -0.2) is 0 Å². The average Bonchev–Trinajstić information content (AvgIpc) is 2.70. The van der Waals surface area contributed by atoms with Crippen molar-refractivity contribution in [2.24, 2.45) is 11.7 Å². The van der Waals surface area contributed by atoms with Crippen LogP contribution in [0, 0.1) is 5.92 Å². The van der Waals surface area contributed by atoms with E-state index in [0.29, 0.717) is 31.6 Å². The maximum absolute atomic E-state index is 12.6. The van der Waals surface area contributed by atoms with E-state index in [-0.39, 0.29) is 54.5 Å². The average molecular weight is 429 g/mol. The van der Waals surface area contributed by atoms with Gasteiger partial charge in [-0.1, -0.05) is 6.92 Å². The van der Waals surface area contributed by atoms with Crippen molar-refractivity contribution in [3.63, 3.8) is 0 Å². The number of hydrogen-bond donors (Lipinski definition) is 3. The van der Waals surface area contributed by atoms with Crippen LogP contribution in [0.2, 0.25) is 0 Å². The number of rotatable bonds is 9. The summed E-state index contributed by atoms with van der Waals surface area (Å²) in [5.74, 6) is -0.989. The molecule has 2 rings (SSSR count). The second-order valence-electron chi connectivity index (χ2n) is 6.76. The Morgan fingerprint density at radius 2 is 2.07 bits per heavy atom. The normalized spacial score (nSPS) is 20.8. The van der Waals surface area contributed by atoms with E-state index in [9.17, 15) is 14.4 Å². The molecule has 3 atom stereocenters. The highest BCUT2D eigenvalue weighted by Gasteiger charge is 2.35. The number of ether oxygens (including phenoxy) is 2. The number of hydrogen-bond acceptors (Lipinski definition) is 6. The SMILES string of the molecule is CCCO[C@@H]1CC[C@H](C(=O)NCC(N)=O)C[C@H]1NC(=O)c1cc(OC)ccn1.Cl. The standard InChI is InChI=1S/C19H28N4O5.ClH/c1-3-8-28-16-5-4-12(18(25)22-11-17(20)24)9-14(16)23-19(26)15-10-13(27-2)6-7-21-15;/h6-7,10,12,14,16H,3-5,8-9,11H2,1-2H3,(H2,20,24)(H,22,25)(H,23,26);1H/t12-,14+,16+;/m0./s1. The van der Waals surface area contributed by atoms with Crippen LogP contribution in [-0.4, -0.2) is 55.1 Å². The molecule has 0 saturated heterocycles. The molecule has 3 amide bonds. The molecule has 0 bridgehead atoms. The number of nitrogens with two attached hydrogens (primary N) is 1. The number of nitrogens with zero attached hydrogens (tertiary/aromatic N) is 1. The molecule has 9 nitrogen and oxygen atoms in total. The molecular weight excluding hydrogens is 400 g/mol. The van der Waals surface area contributed by atoms with E-state index in [1.54, 1.807) is 12.1 Å². The van der Waals surface area contributed by atoms with Crippen LogP contribution >= 0.6 is 12.4 Å². The molecule has 1 aliphatic carbocycles. The molecule has 29 heavy (non-hydrogen) atoms. The molecule has 1 aliphatic rings. The molecule has 10 heteroatoms. The van der Waals surface area contributed by atoms with Crippen LogP contribution in [0.15, 0.2) is 18.3 Å². The molecule has 0 aliphatic heterocycles. The minimum absolute atomic E-state index is 0. The van der Waals surface area contributed by atoms with Gasteiger partial charge < -0.3 is 25.8 Å². The number of aromatic nitrogens is 1. The third-order valence-corrected chi connectivity index (χ3v) is 4.65. The van der Waals surface area contributed by atoms with Gasteiger partial charge in [0.2, 0.25) is 11.8 Å². The van der Waals surface area contributed by atoms with Crippen molar-refractivity contribution in [3.05, 3.63) is 24.0 Å². The molecular formula is C19H29ClN4O5. The second-order valence-corrected chi connectivity index (χ2v) is 6.76. The summed E-state index contributed by atoms with van der Waals surface area (Å²) >= 11 is 0. The second kappa shape index (κ2) is 12.2. The van der Waals surface area contributed by atoms with E-state index < -0.39 is 5.91 Å². The minimum atomic E-state index is -0.595. The molecule has 0 radical (unpaired) electrons. The molecule has 1 aromatic rings. The summed E-state index contributed by atoms with van der Waals surface area (Å²) in [6.45, 7) is 2.39. The van der Waals surface area contributed by atoms with E-state index in [1.807, 2.05) is 6.92 Å². The van der Waals surface area contributed by atoms with E-state index in [2.05, 4.69) is 15.6 Å². The fourth-order valence-corrected chi connectivity index (χ4v) is 3.22. The van der Waals surface area contributed by atoms with Gasteiger partial charge in [0.15, 0.2) is 0 Å². The highest BCUT2D eigenvalue weighted by Crippen LogP contribution is 2.27. The molecule has 1 aromatic heterocycles. The number of nitrogens with one attached hydrogen (secondary N) is 2. The number of halogens is 1. The lowest BCUT2D eigenvalue weighted by Gasteiger charge is -2.35.